The van der Waals surface area contributed by atoms with E-state index in [2.05, 4.69) is 15.0 Å². The highest BCUT2D eigenvalue weighted by Crippen LogP contribution is 2.29. The summed E-state index contributed by atoms with van der Waals surface area (Å²) in [6.07, 6.45) is 1.79. The first-order valence-corrected chi connectivity index (χ1v) is 6.22. The van der Waals surface area contributed by atoms with Gasteiger partial charge in [0.2, 0.25) is 11.8 Å². The standard InChI is InChI=1S/C15H14N4O/c1-9-5-6-10(11-4-3-7-17-14(9)11)12-8-13(20-2)19-15(16)18-12/h3-8H,1-2H3,(H2,16,18,19). The van der Waals surface area contributed by atoms with Crippen LogP contribution in [0.25, 0.3) is 22.2 Å². The smallest absolute Gasteiger partial charge is 0.223 e. The van der Waals surface area contributed by atoms with Gasteiger partial charge < -0.3 is 10.5 Å². The van der Waals surface area contributed by atoms with Gasteiger partial charge in [0.15, 0.2) is 0 Å². The lowest BCUT2D eigenvalue weighted by molar-refractivity contribution is 0.398. The van der Waals surface area contributed by atoms with Gasteiger partial charge in [0.1, 0.15) is 0 Å². The quantitative estimate of drug-likeness (QED) is 0.771. The average molecular weight is 266 g/mol. The number of benzene rings is 1. The first-order chi connectivity index (χ1) is 9.69. The van der Waals surface area contributed by atoms with E-state index in [1.807, 2.05) is 31.2 Å². The molecule has 0 aliphatic heterocycles. The van der Waals surface area contributed by atoms with Crippen LogP contribution in [0.3, 0.4) is 0 Å². The number of fused-ring (bicyclic) bond motifs is 1. The molecule has 3 aromatic rings. The molecule has 0 amide bonds. The molecule has 0 atom stereocenters. The van der Waals surface area contributed by atoms with Gasteiger partial charge in [-0.3, -0.25) is 4.98 Å². The largest absolute Gasteiger partial charge is 0.481 e. The van der Waals surface area contributed by atoms with Crippen molar-refractivity contribution in [2.45, 2.75) is 6.92 Å². The lowest BCUT2D eigenvalue weighted by Crippen LogP contribution is -1.99. The van der Waals surface area contributed by atoms with Crippen LogP contribution >= 0.6 is 0 Å². The van der Waals surface area contributed by atoms with Crippen molar-refractivity contribution in [3.63, 3.8) is 0 Å². The molecule has 100 valence electrons. The molecule has 0 radical (unpaired) electrons. The Labute approximate surface area is 116 Å². The predicted molar refractivity (Wildman–Crippen MR) is 78.5 cm³/mol. The van der Waals surface area contributed by atoms with Crippen LogP contribution in [-0.2, 0) is 0 Å². The average Bonchev–Trinajstić information content (AvgIpc) is 2.47. The topological polar surface area (TPSA) is 73.9 Å². The van der Waals surface area contributed by atoms with Crippen molar-refractivity contribution in [1.29, 1.82) is 0 Å². The highest BCUT2D eigenvalue weighted by Gasteiger charge is 2.10. The molecule has 2 heterocycles. The first kappa shape index (κ1) is 12.3. The minimum Gasteiger partial charge on any atom is -0.481 e. The molecule has 0 unspecified atom stereocenters. The van der Waals surface area contributed by atoms with Crippen molar-refractivity contribution in [3.05, 3.63) is 42.1 Å². The molecular weight excluding hydrogens is 252 g/mol. The SMILES string of the molecule is COc1cc(-c2ccc(C)c3ncccc23)nc(N)n1. The number of nitrogens with two attached hydrogens (primary N) is 1. The number of pyridine rings is 1. The molecule has 0 aliphatic carbocycles. The number of nitrogens with zero attached hydrogens (tertiary/aromatic N) is 3. The summed E-state index contributed by atoms with van der Waals surface area (Å²) in [5.41, 5.74) is 9.50. The molecule has 5 heteroatoms. The number of methoxy groups -OCH3 is 1. The number of aryl methyl sites for hydroxylation is 1. The van der Waals surface area contributed by atoms with E-state index >= 15 is 0 Å². The Morgan fingerprint density at radius 2 is 2.00 bits per heavy atom. The fraction of sp³-hybridized carbons (Fsp3) is 0.133. The van der Waals surface area contributed by atoms with Gasteiger partial charge in [-0.1, -0.05) is 18.2 Å². The normalized spacial score (nSPS) is 10.7. The predicted octanol–water partition coefficient (Wildman–Crippen LogP) is 2.59. The molecule has 2 N–H and O–H groups in total. The number of nitrogen functional groups attached to an aromatic ring is 1. The van der Waals surface area contributed by atoms with Crippen LogP contribution in [0.1, 0.15) is 5.56 Å². The minimum absolute atomic E-state index is 0.192. The Hall–Kier alpha value is -2.69. The molecule has 0 saturated heterocycles. The molecule has 20 heavy (non-hydrogen) atoms. The van der Waals surface area contributed by atoms with Crippen molar-refractivity contribution >= 4 is 16.9 Å². The van der Waals surface area contributed by atoms with Gasteiger partial charge in [0.05, 0.1) is 18.3 Å². The van der Waals surface area contributed by atoms with Gasteiger partial charge in [0.25, 0.3) is 0 Å². The van der Waals surface area contributed by atoms with Crippen molar-refractivity contribution in [1.82, 2.24) is 15.0 Å². The second-order valence-electron chi connectivity index (χ2n) is 4.48. The molecule has 0 bridgehead atoms. The summed E-state index contributed by atoms with van der Waals surface area (Å²) in [7, 11) is 1.56. The van der Waals surface area contributed by atoms with Gasteiger partial charge in [-0.05, 0) is 18.6 Å². The summed E-state index contributed by atoms with van der Waals surface area (Å²) in [5.74, 6) is 0.641. The molecule has 0 fully saturated rings. The zero-order valence-electron chi connectivity index (χ0n) is 11.3. The Balaban J connectivity index is 2.30. The van der Waals surface area contributed by atoms with Crippen molar-refractivity contribution in [3.8, 4) is 17.1 Å². The van der Waals surface area contributed by atoms with E-state index in [-0.39, 0.29) is 5.95 Å². The summed E-state index contributed by atoms with van der Waals surface area (Å²) in [4.78, 5) is 12.7. The molecular formula is C15H14N4O. The highest BCUT2D eigenvalue weighted by atomic mass is 16.5. The molecule has 0 aliphatic rings. The maximum atomic E-state index is 5.73. The van der Waals surface area contributed by atoms with Gasteiger partial charge in [-0.25, -0.2) is 4.98 Å². The summed E-state index contributed by atoms with van der Waals surface area (Å²) in [6.45, 7) is 2.04. The zero-order chi connectivity index (χ0) is 14.1. The first-order valence-electron chi connectivity index (χ1n) is 6.22. The second-order valence-corrected chi connectivity index (χ2v) is 4.48. The van der Waals surface area contributed by atoms with Gasteiger partial charge in [-0.2, -0.15) is 4.98 Å². The Morgan fingerprint density at radius 3 is 2.80 bits per heavy atom. The maximum absolute atomic E-state index is 5.73. The lowest BCUT2D eigenvalue weighted by Gasteiger charge is -2.09. The van der Waals surface area contributed by atoms with E-state index in [1.54, 1.807) is 19.4 Å². The number of anilines is 1. The van der Waals surface area contributed by atoms with E-state index in [0.29, 0.717) is 5.88 Å². The number of aromatic nitrogens is 3. The molecule has 0 spiro atoms. The van der Waals surface area contributed by atoms with E-state index in [9.17, 15) is 0 Å². The fourth-order valence-electron chi connectivity index (χ4n) is 2.22. The van der Waals surface area contributed by atoms with Gasteiger partial charge >= 0.3 is 0 Å². The molecule has 5 nitrogen and oxygen atoms in total. The Morgan fingerprint density at radius 1 is 1.15 bits per heavy atom. The maximum Gasteiger partial charge on any atom is 0.223 e. The Kier molecular flexibility index (Phi) is 2.95. The lowest BCUT2D eigenvalue weighted by atomic mass is 10.0. The second kappa shape index (κ2) is 4.77. The fourth-order valence-corrected chi connectivity index (χ4v) is 2.22. The van der Waals surface area contributed by atoms with Crippen LogP contribution in [0.2, 0.25) is 0 Å². The molecule has 2 aromatic heterocycles. The summed E-state index contributed by atoms with van der Waals surface area (Å²) < 4.78 is 5.15. The minimum atomic E-state index is 0.192. The molecule has 3 rings (SSSR count). The molecule has 1 aromatic carbocycles. The summed E-state index contributed by atoms with van der Waals surface area (Å²) >= 11 is 0. The van der Waals surface area contributed by atoms with E-state index in [1.165, 1.54) is 0 Å². The van der Waals surface area contributed by atoms with Crippen LogP contribution in [-0.4, -0.2) is 22.1 Å². The Bertz CT molecular complexity index is 786. The third-order valence-electron chi connectivity index (χ3n) is 3.18. The number of rotatable bonds is 2. The number of hydrogen-bond donors (Lipinski definition) is 1. The number of ether oxygens (including phenoxy) is 1. The third kappa shape index (κ3) is 2.03. The monoisotopic (exact) mass is 266 g/mol. The van der Waals surface area contributed by atoms with Crippen molar-refractivity contribution in [2.24, 2.45) is 0 Å². The van der Waals surface area contributed by atoms with Gasteiger partial charge in [-0.15, -0.1) is 0 Å². The third-order valence-corrected chi connectivity index (χ3v) is 3.18. The van der Waals surface area contributed by atoms with E-state index < -0.39 is 0 Å². The van der Waals surface area contributed by atoms with Crippen LogP contribution in [0.15, 0.2) is 36.5 Å². The summed E-state index contributed by atoms with van der Waals surface area (Å²) in [6, 6.07) is 9.74. The summed E-state index contributed by atoms with van der Waals surface area (Å²) in [5, 5.41) is 1.03. The van der Waals surface area contributed by atoms with E-state index in [4.69, 9.17) is 10.5 Å². The van der Waals surface area contributed by atoms with Gasteiger partial charge in [0, 0.05) is 23.2 Å². The van der Waals surface area contributed by atoms with Crippen molar-refractivity contribution < 1.29 is 4.74 Å². The highest BCUT2D eigenvalue weighted by molar-refractivity contribution is 5.95. The van der Waals surface area contributed by atoms with Crippen LogP contribution in [0.5, 0.6) is 5.88 Å². The zero-order valence-corrected chi connectivity index (χ0v) is 11.3. The number of hydrogen-bond acceptors (Lipinski definition) is 5. The van der Waals surface area contributed by atoms with Crippen molar-refractivity contribution in [2.75, 3.05) is 12.8 Å². The van der Waals surface area contributed by atoms with Crippen LogP contribution in [0.4, 0.5) is 5.95 Å². The molecule has 0 saturated carbocycles. The van der Waals surface area contributed by atoms with Crippen LogP contribution in [0, 0.1) is 6.92 Å². The van der Waals surface area contributed by atoms with E-state index in [0.717, 1.165) is 27.7 Å². The van der Waals surface area contributed by atoms with Crippen LogP contribution < -0.4 is 10.5 Å².